The third-order valence-electron chi connectivity index (χ3n) is 2.62. The molecule has 0 radical (unpaired) electrons. The molecule has 1 N–H and O–H groups in total. The Labute approximate surface area is 108 Å². The van der Waals surface area contributed by atoms with Gasteiger partial charge in [0.05, 0.1) is 6.54 Å². The molecule has 0 saturated heterocycles. The van der Waals surface area contributed by atoms with Gasteiger partial charge >= 0.3 is 6.09 Å². The molecule has 1 amide bonds. The molecule has 19 heavy (non-hydrogen) atoms. The first-order valence-corrected chi connectivity index (χ1v) is 5.57. The molecule has 98 valence electrons. The van der Waals surface area contributed by atoms with Gasteiger partial charge in [0.15, 0.2) is 11.6 Å². The largest absolute Gasteiger partial charge is 0.465 e. The molecule has 0 atom stereocenters. The summed E-state index contributed by atoms with van der Waals surface area (Å²) in [6.07, 6.45) is -1.16. The minimum Gasteiger partial charge on any atom is -0.465 e. The predicted molar refractivity (Wildman–Crippen MR) is 67.0 cm³/mol. The lowest BCUT2D eigenvalue weighted by atomic mass is 10.2. The molecule has 5 heteroatoms. The van der Waals surface area contributed by atoms with E-state index >= 15 is 0 Å². The second-order valence-electron chi connectivity index (χ2n) is 3.95. The lowest BCUT2D eigenvalue weighted by Crippen LogP contribution is -2.28. The predicted octanol–water partition coefficient (Wildman–Crippen LogP) is 3.65. The van der Waals surface area contributed by atoms with Crippen LogP contribution in [0, 0.1) is 11.6 Å². The highest BCUT2D eigenvalue weighted by atomic mass is 19.2. The highest BCUT2D eigenvalue weighted by Crippen LogP contribution is 2.18. The van der Waals surface area contributed by atoms with E-state index in [1.165, 1.54) is 6.07 Å². The van der Waals surface area contributed by atoms with Crippen LogP contribution in [-0.2, 0) is 6.54 Å². The van der Waals surface area contributed by atoms with Gasteiger partial charge in [0, 0.05) is 5.69 Å². The Bertz CT molecular complexity index is 587. The topological polar surface area (TPSA) is 40.5 Å². The minimum atomic E-state index is -1.16. The van der Waals surface area contributed by atoms with E-state index in [1.54, 1.807) is 30.3 Å². The zero-order chi connectivity index (χ0) is 13.8. The van der Waals surface area contributed by atoms with Gasteiger partial charge in [-0.3, -0.25) is 4.90 Å². The standard InChI is InChI=1S/C14H11F2NO2/c15-12-7-6-10(8-13(12)16)9-17(14(18)19)11-4-2-1-3-5-11/h1-8H,9H2,(H,18,19). The summed E-state index contributed by atoms with van der Waals surface area (Å²) in [5.74, 6) is -1.94. The monoisotopic (exact) mass is 263 g/mol. The summed E-state index contributed by atoms with van der Waals surface area (Å²) in [4.78, 5) is 12.3. The lowest BCUT2D eigenvalue weighted by Gasteiger charge is -2.19. The third-order valence-corrected chi connectivity index (χ3v) is 2.62. The number of anilines is 1. The number of hydrogen-bond acceptors (Lipinski definition) is 1. The Kier molecular flexibility index (Phi) is 3.75. The first-order chi connectivity index (χ1) is 9.08. The van der Waals surface area contributed by atoms with Crippen LogP contribution in [-0.4, -0.2) is 11.2 Å². The number of halogens is 2. The number of carbonyl (C=O) groups is 1. The van der Waals surface area contributed by atoms with E-state index in [2.05, 4.69) is 0 Å². The normalized spacial score (nSPS) is 10.2. The molecule has 0 aliphatic heterocycles. The average Bonchev–Trinajstić information content (AvgIpc) is 2.40. The van der Waals surface area contributed by atoms with Gasteiger partial charge in [-0.1, -0.05) is 24.3 Å². The van der Waals surface area contributed by atoms with Gasteiger partial charge in [-0.05, 0) is 29.8 Å². The second-order valence-corrected chi connectivity index (χ2v) is 3.95. The zero-order valence-electron chi connectivity index (χ0n) is 9.88. The molecule has 0 fully saturated rings. The Morgan fingerprint density at radius 2 is 1.74 bits per heavy atom. The van der Waals surface area contributed by atoms with Crippen molar-refractivity contribution in [1.82, 2.24) is 0 Å². The molecule has 2 rings (SSSR count). The molecule has 0 aliphatic carbocycles. The van der Waals surface area contributed by atoms with E-state index in [0.29, 0.717) is 11.3 Å². The van der Waals surface area contributed by atoms with Gasteiger partial charge in [-0.25, -0.2) is 13.6 Å². The summed E-state index contributed by atoms with van der Waals surface area (Å²) >= 11 is 0. The quantitative estimate of drug-likeness (QED) is 0.918. The molecular weight excluding hydrogens is 252 g/mol. The number of nitrogens with zero attached hydrogens (tertiary/aromatic N) is 1. The summed E-state index contributed by atoms with van der Waals surface area (Å²) in [5.41, 5.74) is 0.852. The van der Waals surface area contributed by atoms with Crippen molar-refractivity contribution in [3.05, 3.63) is 65.7 Å². The number of hydrogen-bond donors (Lipinski definition) is 1. The zero-order valence-corrected chi connectivity index (χ0v) is 9.88. The average molecular weight is 263 g/mol. The third kappa shape index (κ3) is 3.07. The molecule has 0 aromatic heterocycles. The summed E-state index contributed by atoms with van der Waals surface area (Å²) < 4.78 is 25.9. The summed E-state index contributed by atoms with van der Waals surface area (Å²) in [6.45, 7) is -0.0451. The number of rotatable bonds is 3. The highest BCUT2D eigenvalue weighted by Gasteiger charge is 2.15. The van der Waals surface area contributed by atoms with Crippen molar-refractivity contribution in [1.29, 1.82) is 0 Å². The van der Waals surface area contributed by atoms with Crippen molar-refractivity contribution < 1.29 is 18.7 Å². The maximum atomic E-state index is 13.1. The van der Waals surface area contributed by atoms with Crippen molar-refractivity contribution >= 4 is 11.8 Å². The van der Waals surface area contributed by atoms with Crippen molar-refractivity contribution in [3.8, 4) is 0 Å². The van der Waals surface area contributed by atoms with Crippen molar-refractivity contribution in [3.63, 3.8) is 0 Å². The van der Waals surface area contributed by atoms with Crippen LogP contribution in [0.15, 0.2) is 48.5 Å². The fourth-order valence-corrected chi connectivity index (χ4v) is 1.70. The Morgan fingerprint density at radius 3 is 2.32 bits per heavy atom. The van der Waals surface area contributed by atoms with Gasteiger partial charge in [-0.2, -0.15) is 0 Å². The SMILES string of the molecule is O=C(O)N(Cc1ccc(F)c(F)c1)c1ccccc1. The van der Waals surface area contributed by atoms with Crippen LogP contribution >= 0.6 is 0 Å². The van der Waals surface area contributed by atoms with Crippen molar-refractivity contribution in [2.24, 2.45) is 0 Å². The Hall–Kier alpha value is -2.43. The minimum absolute atomic E-state index is 0.0451. The van der Waals surface area contributed by atoms with Crippen LogP contribution in [0.5, 0.6) is 0 Å². The molecular formula is C14H11F2NO2. The highest BCUT2D eigenvalue weighted by molar-refractivity contribution is 5.85. The maximum Gasteiger partial charge on any atom is 0.412 e. The fourth-order valence-electron chi connectivity index (χ4n) is 1.70. The van der Waals surface area contributed by atoms with Gasteiger partial charge in [-0.15, -0.1) is 0 Å². The molecule has 0 spiro atoms. The maximum absolute atomic E-state index is 13.1. The number of benzene rings is 2. The first kappa shape index (κ1) is 13.0. The van der Waals surface area contributed by atoms with Crippen molar-refractivity contribution in [2.45, 2.75) is 6.54 Å². The van der Waals surface area contributed by atoms with E-state index in [1.807, 2.05) is 0 Å². The second kappa shape index (κ2) is 5.48. The number of carboxylic acid groups (broad SMARTS) is 1. The van der Waals surface area contributed by atoms with Gasteiger partial charge in [0.25, 0.3) is 0 Å². The first-order valence-electron chi connectivity index (χ1n) is 5.57. The van der Waals surface area contributed by atoms with Crippen molar-refractivity contribution in [2.75, 3.05) is 4.90 Å². The summed E-state index contributed by atoms with van der Waals surface area (Å²) in [6, 6.07) is 11.8. The molecule has 0 saturated carbocycles. The van der Waals surface area contributed by atoms with Gasteiger partial charge in [0.2, 0.25) is 0 Å². The van der Waals surface area contributed by atoms with Crippen LogP contribution in [0.3, 0.4) is 0 Å². The van der Waals surface area contributed by atoms with E-state index in [-0.39, 0.29) is 6.54 Å². The Morgan fingerprint density at radius 1 is 1.05 bits per heavy atom. The van der Waals surface area contributed by atoms with Crippen LogP contribution in [0.1, 0.15) is 5.56 Å². The van der Waals surface area contributed by atoms with E-state index in [4.69, 9.17) is 5.11 Å². The van der Waals surface area contributed by atoms with Crippen LogP contribution < -0.4 is 4.90 Å². The van der Waals surface area contributed by atoms with Crippen LogP contribution in [0.2, 0.25) is 0 Å². The summed E-state index contributed by atoms with van der Waals surface area (Å²) in [7, 11) is 0. The molecule has 2 aromatic carbocycles. The number of amides is 1. The fraction of sp³-hybridized carbons (Fsp3) is 0.0714. The number of para-hydroxylation sites is 1. The van der Waals surface area contributed by atoms with Gasteiger partial charge < -0.3 is 5.11 Å². The smallest absolute Gasteiger partial charge is 0.412 e. The molecule has 0 unspecified atom stereocenters. The molecule has 0 bridgehead atoms. The lowest BCUT2D eigenvalue weighted by molar-refractivity contribution is 0.201. The van der Waals surface area contributed by atoms with E-state index < -0.39 is 17.7 Å². The van der Waals surface area contributed by atoms with Crippen LogP contribution in [0.4, 0.5) is 19.3 Å². The summed E-state index contributed by atoms with van der Waals surface area (Å²) in [5, 5.41) is 9.17. The molecule has 2 aromatic rings. The van der Waals surface area contributed by atoms with E-state index in [9.17, 15) is 13.6 Å². The van der Waals surface area contributed by atoms with Gasteiger partial charge in [0.1, 0.15) is 0 Å². The van der Waals surface area contributed by atoms with E-state index in [0.717, 1.165) is 17.0 Å². The Balaban J connectivity index is 2.27. The molecule has 3 nitrogen and oxygen atoms in total. The molecule has 0 aliphatic rings. The molecule has 0 heterocycles. The van der Waals surface area contributed by atoms with Crippen LogP contribution in [0.25, 0.3) is 0 Å².